The van der Waals surface area contributed by atoms with E-state index in [-0.39, 0.29) is 36.0 Å². The van der Waals surface area contributed by atoms with Crippen molar-refractivity contribution < 1.29 is 14.3 Å². The summed E-state index contributed by atoms with van der Waals surface area (Å²) in [4.78, 5) is 31.7. The van der Waals surface area contributed by atoms with E-state index in [1.54, 1.807) is 12.0 Å². The van der Waals surface area contributed by atoms with Crippen molar-refractivity contribution in [2.45, 2.75) is 49.6 Å². The number of ether oxygens (including phenoxy) is 1. The number of urea groups is 1. The minimum absolute atomic E-state index is 0.0320. The maximum atomic E-state index is 13.4. The minimum atomic E-state index is -0.272. The van der Waals surface area contributed by atoms with Crippen molar-refractivity contribution in [1.82, 2.24) is 20.0 Å². The largest absolute Gasteiger partial charge is 0.385 e. The Hall–Kier alpha value is -2.63. The zero-order valence-electron chi connectivity index (χ0n) is 20.2. The Morgan fingerprint density at radius 3 is 2.52 bits per heavy atom. The Balaban J connectivity index is 1.78. The zero-order chi connectivity index (χ0) is 23.9. The molecule has 1 heterocycles. The molecule has 8 heteroatoms. The number of amides is 3. The standard InChI is InChI=1S/C25H37N5O3/c1-28(2)25(21-9-5-4-6-10-21)13-11-24(12-14-25)20-29(19-22(31)27-16-7-15-26)23(32)30(24)17-8-18-33-3/h4-6,9-10H,7-8,11-14,16-20H2,1-3H3,(H,27,31). The van der Waals surface area contributed by atoms with E-state index in [2.05, 4.69) is 48.6 Å². The number of methoxy groups -OCH3 is 1. The van der Waals surface area contributed by atoms with Gasteiger partial charge in [-0.1, -0.05) is 30.3 Å². The smallest absolute Gasteiger partial charge is 0.321 e. The van der Waals surface area contributed by atoms with Gasteiger partial charge < -0.3 is 19.9 Å². The third-order valence-electron chi connectivity index (χ3n) is 7.36. The van der Waals surface area contributed by atoms with Crippen LogP contribution in [0, 0.1) is 11.3 Å². The molecule has 3 amide bonds. The lowest BCUT2D eigenvalue weighted by Crippen LogP contribution is -2.55. The number of benzene rings is 1. The normalized spacial score (nSPS) is 25.0. The van der Waals surface area contributed by atoms with Gasteiger partial charge in [0, 0.05) is 38.9 Å². The highest BCUT2D eigenvalue weighted by Crippen LogP contribution is 2.48. The second-order valence-electron chi connectivity index (χ2n) is 9.41. The average molecular weight is 456 g/mol. The molecular formula is C25H37N5O3. The summed E-state index contributed by atoms with van der Waals surface area (Å²) in [6.45, 7) is 2.12. The van der Waals surface area contributed by atoms with Gasteiger partial charge >= 0.3 is 6.03 Å². The van der Waals surface area contributed by atoms with Gasteiger partial charge in [-0.05, 0) is 51.8 Å². The topological polar surface area (TPSA) is 88.9 Å². The van der Waals surface area contributed by atoms with Gasteiger partial charge in [-0.2, -0.15) is 5.26 Å². The predicted octanol–water partition coefficient (Wildman–Crippen LogP) is 2.56. The third kappa shape index (κ3) is 5.31. The lowest BCUT2D eigenvalue weighted by atomic mass is 9.68. The zero-order valence-corrected chi connectivity index (χ0v) is 20.2. The summed E-state index contributed by atoms with van der Waals surface area (Å²) in [5.74, 6) is -0.213. The Labute approximate surface area is 197 Å². The first-order valence-electron chi connectivity index (χ1n) is 11.8. The van der Waals surface area contributed by atoms with Crippen LogP contribution in [0.3, 0.4) is 0 Å². The number of nitrogens with one attached hydrogen (secondary N) is 1. The summed E-state index contributed by atoms with van der Waals surface area (Å²) in [5, 5.41) is 11.4. The molecule has 0 bridgehead atoms. The number of carbonyl (C=O) groups excluding carboxylic acids is 2. The van der Waals surface area contributed by atoms with E-state index in [0.717, 1.165) is 32.1 Å². The van der Waals surface area contributed by atoms with E-state index in [4.69, 9.17) is 10.00 Å². The van der Waals surface area contributed by atoms with Gasteiger partial charge in [-0.15, -0.1) is 0 Å². The summed E-state index contributed by atoms with van der Waals surface area (Å²) < 4.78 is 5.23. The SMILES string of the molecule is COCCCN1C(=O)N(CC(=O)NCCC#N)CC12CCC(c1ccccc1)(N(C)C)CC2. The number of hydrogen-bond acceptors (Lipinski definition) is 5. The van der Waals surface area contributed by atoms with Crippen LogP contribution in [0.4, 0.5) is 4.79 Å². The Morgan fingerprint density at radius 2 is 1.91 bits per heavy atom. The minimum Gasteiger partial charge on any atom is -0.385 e. The Kier molecular flexibility index (Phi) is 8.33. The summed E-state index contributed by atoms with van der Waals surface area (Å²) >= 11 is 0. The van der Waals surface area contributed by atoms with Crippen molar-refractivity contribution in [2.24, 2.45) is 0 Å². The van der Waals surface area contributed by atoms with Crippen molar-refractivity contribution in [2.75, 3.05) is 54.0 Å². The van der Waals surface area contributed by atoms with E-state index >= 15 is 0 Å². The molecule has 33 heavy (non-hydrogen) atoms. The Bertz CT molecular complexity index is 843. The average Bonchev–Trinajstić information content (AvgIpc) is 3.06. The fourth-order valence-electron chi connectivity index (χ4n) is 5.49. The molecule has 8 nitrogen and oxygen atoms in total. The molecule has 1 saturated heterocycles. The molecule has 1 N–H and O–H groups in total. The summed E-state index contributed by atoms with van der Waals surface area (Å²) in [7, 11) is 5.95. The van der Waals surface area contributed by atoms with E-state index < -0.39 is 0 Å². The number of hydrogen-bond donors (Lipinski definition) is 1. The fraction of sp³-hybridized carbons (Fsp3) is 0.640. The molecule has 2 aliphatic rings. The lowest BCUT2D eigenvalue weighted by molar-refractivity contribution is -0.121. The molecule has 1 spiro atoms. The second-order valence-corrected chi connectivity index (χ2v) is 9.41. The molecule has 180 valence electrons. The van der Waals surface area contributed by atoms with Gasteiger partial charge in [-0.3, -0.25) is 9.69 Å². The van der Waals surface area contributed by atoms with Gasteiger partial charge in [0.05, 0.1) is 18.0 Å². The first-order chi connectivity index (χ1) is 15.9. The van der Waals surface area contributed by atoms with Gasteiger partial charge in [-0.25, -0.2) is 4.79 Å². The quantitative estimate of drug-likeness (QED) is 0.548. The molecule has 2 fully saturated rings. The number of nitriles is 1. The molecule has 1 aliphatic carbocycles. The molecule has 1 saturated carbocycles. The third-order valence-corrected chi connectivity index (χ3v) is 7.36. The number of nitrogens with zero attached hydrogens (tertiary/aromatic N) is 4. The van der Waals surface area contributed by atoms with E-state index in [1.807, 2.05) is 17.0 Å². The van der Waals surface area contributed by atoms with Crippen LogP contribution in [0.15, 0.2) is 30.3 Å². The summed E-state index contributed by atoms with van der Waals surface area (Å²) in [6.07, 6.45) is 4.68. The predicted molar refractivity (Wildman–Crippen MR) is 126 cm³/mol. The van der Waals surface area contributed by atoms with Gasteiger partial charge in [0.25, 0.3) is 0 Å². The van der Waals surface area contributed by atoms with Crippen molar-refractivity contribution in [3.05, 3.63) is 35.9 Å². The molecule has 1 aromatic rings. The van der Waals surface area contributed by atoms with Crippen molar-refractivity contribution in [3.63, 3.8) is 0 Å². The van der Waals surface area contributed by atoms with Crippen molar-refractivity contribution >= 4 is 11.9 Å². The Morgan fingerprint density at radius 1 is 1.21 bits per heavy atom. The van der Waals surface area contributed by atoms with Crippen LogP contribution in [0.25, 0.3) is 0 Å². The van der Waals surface area contributed by atoms with Crippen LogP contribution in [0.2, 0.25) is 0 Å². The maximum absolute atomic E-state index is 13.4. The molecular weight excluding hydrogens is 418 g/mol. The number of rotatable bonds is 10. The molecule has 0 unspecified atom stereocenters. The van der Waals surface area contributed by atoms with Crippen molar-refractivity contribution in [3.8, 4) is 6.07 Å². The molecule has 3 rings (SSSR count). The van der Waals surface area contributed by atoms with Crippen molar-refractivity contribution in [1.29, 1.82) is 5.26 Å². The first kappa shape index (κ1) is 25.0. The lowest BCUT2D eigenvalue weighted by Gasteiger charge is -2.51. The molecule has 0 atom stereocenters. The maximum Gasteiger partial charge on any atom is 0.321 e. The van der Waals surface area contributed by atoms with E-state index in [1.165, 1.54) is 5.56 Å². The van der Waals surface area contributed by atoms with E-state index in [0.29, 0.717) is 26.2 Å². The van der Waals surface area contributed by atoms with Crippen LogP contribution < -0.4 is 5.32 Å². The molecule has 0 radical (unpaired) electrons. The van der Waals surface area contributed by atoms with Gasteiger partial charge in [0.1, 0.15) is 6.54 Å². The van der Waals surface area contributed by atoms with Gasteiger partial charge in [0.15, 0.2) is 0 Å². The first-order valence-corrected chi connectivity index (χ1v) is 11.8. The highest BCUT2D eigenvalue weighted by Gasteiger charge is 2.54. The molecule has 1 aromatic carbocycles. The summed E-state index contributed by atoms with van der Waals surface area (Å²) in [5.41, 5.74) is 0.982. The van der Waals surface area contributed by atoms with Crippen LogP contribution in [-0.2, 0) is 15.1 Å². The van der Waals surface area contributed by atoms with Gasteiger partial charge in [0.2, 0.25) is 5.91 Å². The van der Waals surface area contributed by atoms with Crippen LogP contribution in [-0.4, -0.2) is 86.2 Å². The molecule has 1 aliphatic heterocycles. The van der Waals surface area contributed by atoms with Crippen LogP contribution in [0.1, 0.15) is 44.1 Å². The highest BCUT2D eigenvalue weighted by atomic mass is 16.5. The van der Waals surface area contributed by atoms with Crippen LogP contribution in [0.5, 0.6) is 0 Å². The summed E-state index contributed by atoms with van der Waals surface area (Å²) in [6, 6.07) is 12.6. The number of carbonyl (C=O) groups is 2. The fourth-order valence-corrected chi connectivity index (χ4v) is 5.49. The molecule has 0 aromatic heterocycles. The monoisotopic (exact) mass is 455 g/mol. The van der Waals surface area contributed by atoms with E-state index in [9.17, 15) is 9.59 Å². The second kappa shape index (κ2) is 11.0. The van der Waals surface area contributed by atoms with Crippen LogP contribution >= 0.6 is 0 Å². The highest BCUT2D eigenvalue weighted by molar-refractivity contribution is 5.86.